The lowest BCUT2D eigenvalue weighted by Gasteiger charge is -2.19. The lowest BCUT2D eigenvalue weighted by molar-refractivity contribution is -0.123. The number of Topliss-reactive ketones (excluding diaryl/α,β-unsaturated/α-hetero) is 2. The van der Waals surface area contributed by atoms with Gasteiger partial charge in [-0.1, -0.05) is 99.5 Å². The number of benzene rings is 3. The number of carbonyl (C=O) groups is 6. The van der Waals surface area contributed by atoms with Crippen LogP contribution in [0.25, 0.3) is 27.4 Å². The van der Waals surface area contributed by atoms with E-state index in [4.69, 9.17) is 33.8 Å². The first-order valence-corrected chi connectivity index (χ1v) is 27.7. The van der Waals surface area contributed by atoms with E-state index in [0.29, 0.717) is 107 Å². The van der Waals surface area contributed by atoms with Crippen LogP contribution in [0.2, 0.25) is 10.0 Å². The maximum absolute atomic E-state index is 13.4. The van der Waals surface area contributed by atoms with E-state index in [1.165, 1.54) is 51.9 Å². The van der Waals surface area contributed by atoms with Crippen LogP contribution >= 0.6 is 56.6 Å². The largest absolute Gasteiger partial charge is 0.353 e. The number of azide groups is 1. The summed E-state index contributed by atoms with van der Waals surface area (Å²) < 4.78 is 1.84. The van der Waals surface area contributed by atoms with Gasteiger partial charge in [0.1, 0.15) is 17.6 Å². The molecular weight excluding hydrogens is 976 g/mol. The second kappa shape index (κ2) is 27.6. The summed E-state index contributed by atoms with van der Waals surface area (Å²) in [4.78, 5) is 79.1. The third-order valence-corrected chi connectivity index (χ3v) is 16.9. The first-order chi connectivity index (χ1) is 33.4. The van der Waals surface area contributed by atoms with E-state index in [0.717, 1.165) is 66.3 Å². The second-order valence-corrected chi connectivity index (χ2v) is 22.3. The van der Waals surface area contributed by atoms with E-state index in [1.807, 2.05) is 47.6 Å². The first kappa shape index (κ1) is 53.6. The highest BCUT2D eigenvalue weighted by molar-refractivity contribution is 8.76. The predicted molar refractivity (Wildman–Crippen MR) is 280 cm³/mol. The maximum Gasteiger partial charge on any atom is 0.251 e. The van der Waals surface area contributed by atoms with Crippen LogP contribution in [0.4, 0.5) is 5.69 Å². The molecule has 4 atom stereocenters. The fourth-order valence-electron chi connectivity index (χ4n) is 8.58. The summed E-state index contributed by atoms with van der Waals surface area (Å²) in [5.74, 6) is 2.60. The number of nitrogens with zero attached hydrogens (tertiary/aromatic N) is 5. The Morgan fingerprint density at radius 1 is 0.942 bits per heavy atom. The van der Waals surface area contributed by atoms with Gasteiger partial charge in [0.25, 0.3) is 5.91 Å². The predicted octanol–water partition coefficient (Wildman–Crippen LogP) is 10.8. The molecule has 2 fully saturated rings. The topological polar surface area (TPSA) is 205 Å². The lowest BCUT2D eigenvalue weighted by atomic mass is 9.92. The molecule has 366 valence electrons. The number of aryl methyl sites for hydroxylation is 1. The summed E-state index contributed by atoms with van der Waals surface area (Å²) in [7, 11) is 2.98. The van der Waals surface area contributed by atoms with Crippen molar-refractivity contribution in [1.82, 2.24) is 25.7 Å². The Labute approximate surface area is 425 Å². The van der Waals surface area contributed by atoms with Crippen LogP contribution in [0.15, 0.2) is 71.9 Å². The van der Waals surface area contributed by atoms with E-state index < -0.39 is 11.9 Å². The molecule has 3 aromatic carbocycles. The monoisotopic (exact) mass is 1030 g/mol. The van der Waals surface area contributed by atoms with Gasteiger partial charge in [-0.3, -0.25) is 33.4 Å². The van der Waals surface area contributed by atoms with Crippen molar-refractivity contribution < 1.29 is 28.8 Å². The van der Waals surface area contributed by atoms with Gasteiger partial charge in [-0.05, 0) is 109 Å². The lowest BCUT2D eigenvalue weighted by Crippen LogP contribution is -2.47. The number of aromatic nitrogens is 2. The Kier molecular flexibility index (Phi) is 21.4. The van der Waals surface area contributed by atoms with Crippen molar-refractivity contribution in [3.63, 3.8) is 0 Å². The number of thioether (sulfide) groups is 1. The number of rotatable bonds is 28. The fraction of sp³-hybridized carbons (Fsp3) is 0.460. The molecule has 6 rings (SSSR count). The number of amides is 3. The molecule has 1 aromatic heterocycles. The van der Waals surface area contributed by atoms with Gasteiger partial charge in [0, 0.05) is 87.0 Å². The van der Waals surface area contributed by atoms with E-state index >= 15 is 0 Å². The summed E-state index contributed by atoms with van der Waals surface area (Å²) >= 11 is 14.5. The van der Waals surface area contributed by atoms with Gasteiger partial charge in [-0.2, -0.15) is 16.9 Å². The Morgan fingerprint density at radius 2 is 1.72 bits per heavy atom. The Balaban J connectivity index is 0.866. The van der Waals surface area contributed by atoms with Crippen molar-refractivity contribution in [1.29, 1.82) is 0 Å². The third-order valence-electron chi connectivity index (χ3n) is 12.3. The van der Waals surface area contributed by atoms with E-state index in [1.54, 1.807) is 18.2 Å². The van der Waals surface area contributed by atoms with Crippen LogP contribution in [0, 0.1) is 18.8 Å². The number of ketones is 3. The minimum Gasteiger partial charge on any atom is -0.353 e. The fourth-order valence-corrected chi connectivity index (χ4v) is 12.7. The summed E-state index contributed by atoms with van der Waals surface area (Å²) in [6, 6.07) is 16.6. The molecule has 1 saturated heterocycles. The third kappa shape index (κ3) is 17.0. The minimum absolute atomic E-state index is 0.152. The molecule has 14 nitrogen and oxygen atoms in total. The number of unbranched alkanes of at least 4 members (excludes halogenated alkanes) is 3. The molecule has 69 heavy (non-hydrogen) atoms. The Morgan fingerprint density at radius 3 is 2.51 bits per heavy atom. The molecule has 2 unspecified atom stereocenters. The highest BCUT2D eigenvalue weighted by atomic mass is 35.5. The van der Waals surface area contributed by atoms with Crippen LogP contribution in [0.5, 0.6) is 0 Å². The number of carbonyl (C=O) groups excluding carboxylic acids is 6. The standard InChI is InChI=1S/C50H58Cl2N8O6S3/c1-32-11-19-41-44(58-60(46(41)25-32)30-34-12-15-36(51)27-43(34)52)20-18-39(62)29-55-48(64)21-23-68-69-24-22-54-50(66)45(56-49(65)33-13-16-37(17-14-33)57-59-53)9-4-2-3-7-38(61)8-5-6-10-47-42-28-40(63)26-35(42)31-67-47/h11-20,25,27,35,42,45,47H,2-10,21-24,26,28-31H2,1H3,(H,54,66)(H,55,64)(H,56,65)/b20-18+/t35-,42-,45?,47?/m0/s1. The number of hydrogen-bond acceptors (Lipinski definition) is 11. The molecule has 1 aliphatic heterocycles. The molecule has 0 bridgehead atoms. The average Bonchev–Trinajstić information content (AvgIpc) is 4.00. The smallest absolute Gasteiger partial charge is 0.251 e. The average molecular weight is 1030 g/mol. The van der Waals surface area contributed by atoms with Crippen LogP contribution in [-0.2, 0) is 30.5 Å². The molecule has 2 heterocycles. The van der Waals surface area contributed by atoms with Gasteiger partial charge in [-0.25, -0.2) is 0 Å². The van der Waals surface area contributed by atoms with Gasteiger partial charge in [0.05, 0.1) is 24.3 Å². The molecule has 19 heteroatoms. The highest BCUT2D eigenvalue weighted by Gasteiger charge is 2.42. The van der Waals surface area contributed by atoms with Crippen molar-refractivity contribution >= 4 is 114 Å². The van der Waals surface area contributed by atoms with E-state index in [9.17, 15) is 28.8 Å². The minimum atomic E-state index is -0.798. The number of nitrogens with one attached hydrogen (secondary N) is 3. The second-order valence-electron chi connectivity index (χ2n) is 17.4. The van der Waals surface area contributed by atoms with Crippen LogP contribution in [0.3, 0.4) is 0 Å². The van der Waals surface area contributed by atoms with Crippen LogP contribution in [-0.4, -0.2) is 86.5 Å². The molecular formula is C50H58Cl2N8O6S3. The molecule has 0 radical (unpaired) electrons. The molecule has 2 aliphatic rings. The zero-order chi connectivity index (χ0) is 49.1. The molecule has 0 spiro atoms. The zero-order valence-corrected chi connectivity index (χ0v) is 42.6. The van der Waals surface area contributed by atoms with Crippen LogP contribution < -0.4 is 16.0 Å². The Hall–Kier alpha value is -4.77. The summed E-state index contributed by atoms with van der Waals surface area (Å²) in [6.07, 6.45) is 11.2. The summed E-state index contributed by atoms with van der Waals surface area (Å²) in [5, 5.41) is 19.3. The summed E-state index contributed by atoms with van der Waals surface area (Å²) in [6.45, 7) is 2.60. The molecule has 4 aromatic rings. The van der Waals surface area contributed by atoms with Crippen molar-refractivity contribution in [3.05, 3.63) is 110 Å². The first-order valence-electron chi connectivity index (χ1n) is 23.4. The SMILES string of the molecule is Cc1ccc2c(/C=C/C(=O)CNC(=O)CCSSCCNC(=O)C(CCCCCC(=O)CCCCC3SC[C@@H]4CC(=O)C[C@H]34)NC(=O)c3ccc(N=[N+]=[N-])cc3)nn(Cc3ccc(Cl)cc3Cl)c2c1. The van der Waals surface area contributed by atoms with Gasteiger partial charge in [0.15, 0.2) is 5.78 Å². The maximum atomic E-state index is 13.4. The summed E-state index contributed by atoms with van der Waals surface area (Å²) in [5.41, 5.74) is 12.8. The van der Waals surface area contributed by atoms with Crippen molar-refractivity contribution in [2.45, 2.75) is 102 Å². The molecule has 3 amide bonds. The molecule has 3 N–H and O–H groups in total. The number of hydrogen-bond donors (Lipinski definition) is 3. The van der Waals surface area contributed by atoms with Crippen molar-refractivity contribution in [3.8, 4) is 0 Å². The highest BCUT2D eigenvalue weighted by Crippen LogP contribution is 2.47. The molecule has 1 aliphatic carbocycles. The van der Waals surface area contributed by atoms with Gasteiger partial charge in [0.2, 0.25) is 11.8 Å². The molecule has 1 saturated carbocycles. The zero-order valence-electron chi connectivity index (χ0n) is 38.6. The number of halogens is 2. The Bertz CT molecular complexity index is 2550. The van der Waals surface area contributed by atoms with E-state index in [-0.39, 0.29) is 36.3 Å². The van der Waals surface area contributed by atoms with Crippen molar-refractivity contribution in [2.24, 2.45) is 17.0 Å². The quantitative estimate of drug-likeness (QED) is 0.0123. The van der Waals surface area contributed by atoms with Gasteiger partial charge >= 0.3 is 0 Å². The number of fused-ring (bicyclic) bond motifs is 2. The van der Waals surface area contributed by atoms with Crippen molar-refractivity contribution in [2.75, 3.05) is 30.3 Å². The van der Waals surface area contributed by atoms with Gasteiger partial charge < -0.3 is 16.0 Å². The normalized spacial score (nSPS) is 16.9. The van der Waals surface area contributed by atoms with Gasteiger partial charge in [-0.15, -0.1) is 0 Å². The van der Waals surface area contributed by atoms with Crippen LogP contribution in [0.1, 0.15) is 104 Å². The van der Waals surface area contributed by atoms with E-state index in [2.05, 4.69) is 26.0 Å².